The van der Waals surface area contributed by atoms with E-state index in [9.17, 15) is 0 Å². The van der Waals surface area contributed by atoms with Crippen LogP contribution < -0.4 is 11.5 Å². The quantitative estimate of drug-likeness (QED) is 0.0906. The van der Waals surface area contributed by atoms with E-state index in [0.717, 1.165) is 56.3 Å². The van der Waals surface area contributed by atoms with Crippen molar-refractivity contribution in [1.29, 1.82) is 0 Å². The lowest BCUT2D eigenvalue weighted by molar-refractivity contribution is 0.0883. The van der Waals surface area contributed by atoms with Crippen LogP contribution in [0.4, 0.5) is 11.6 Å². The van der Waals surface area contributed by atoms with Crippen molar-refractivity contribution in [2.75, 3.05) is 24.7 Å². The summed E-state index contributed by atoms with van der Waals surface area (Å²) in [4.78, 5) is 20.9. The van der Waals surface area contributed by atoms with Gasteiger partial charge in [-0.2, -0.15) is 0 Å². The molecule has 5 heterocycles. The van der Waals surface area contributed by atoms with Gasteiger partial charge in [-0.3, -0.25) is 9.55 Å². The van der Waals surface area contributed by atoms with E-state index < -0.39 is 16.1 Å². The van der Waals surface area contributed by atoms with Crippen LogP contribution in [0.25, 0.3) is 33.3 Å². The molecule has 14 heteroatoms. The molecule has 11 nitrogen and oxygen atoms in total. The first-order valence-corrected chi connectivity index (χ1v) is 22.7. The van der Waals surface area contributed by atoms with Gasteiger partial charge in [0.15, 0.2) is 0 Å². The molecular formula is C29H42IN9O2Si2. The number of halogens is 1. The van der Waals surface area contributed by atoms with E-state index in [1.807, 2.05) is 33.4 Å². The molecule has 0 bridgehead atoms. The Hall–Kier alpha value is -2.93. The second-order valence-electron chi connectivity index (χ2n) is 12.8. The number of hydrogen-bond acceptors (Lipinski definition) is 9. The van der Waals surface area contributed by atoms with Gasteiger partial charge in [-0.05, 0) is 58.9 Å². The highest BCUT2D eigenvalue weighted by molar-refractivity contribution is 14.1. The fraction of sp³-hybridized carbons (Fsp3) is 0.414. The smallest absolute Gasteiger partial charge is 0.148 e. The van der Waals surface area contributed by atoms with Gasteiger partial charge in [0.2, 0.25) is 0 Å². The molecule has 0 unspecified atom stereocenters. The Labute approximate surface area is 268 Å². The number of nitrogens with zero attached hydrogens (tertiary/aromatic N) is 7. The maximum absolute atomic E-state index is 6.02. The molecule has 0 radical (unpaired) electrons. The highest BCUT2D eigenvalue weighted by atomic mass is 127. The maximum atomic E-state index is 6.02. The zero-order valence-corrected chi connectivity index (χ0v) is 30.0. The Morgan fingerprint density at radius 2 is 1.21 bits per heavy atom. The molecule has 0 fully saturated rings. The monoisotopic (exact) mass is 731 g/mol. The van der Waals surface area contributed by atoms with Gasteiger partial charge in [0, 0.05) is 47.3 Å². The van der Waals surface area contributed by atoms with Crippen LogP contribution in [0.3, 0.4) is 0 Å². The number of hydrogen-bond donors (Lipinski definition) is 2. The molecule has 4 N–H and O–H groups in total. The average Bonchev–Trinajstić information content (AvgIpc) is 3.48. The van der Waals surface area contributed by atoms with Crippen molar-refractivity contribution in [3.63, 3.8) is 0 Å². The number of ether oxygens (including phenoxy) is 2. The molecule has 0 aliphatic heterocycles. The van der Waals surface area contributed by atoms with Gasteiger partial charge < -0.3 is 25.5 Å². The highest BCUT2D eigenvalue weighted by Gasteiger charge is 2.17. The summed E-state index contributed by atoms with van der Waals surface area (Å²) in [5.41, 5.74) is 15.6. The number of pyridine rings is 1. The molecule has 5 rings (SSSR count). The Morgan fingerprint density at radius 1 is 0.721 bits per heavy atom. The third-order valence-electron chi connectivity index (χ3n) is 6.80. The van der Waals surface area contributed by atoms with Gasteiger partial charge in [0.05, 0.1) is 20.2 Å². The van der Waals surface area contributed by atoms with Crippen molar-refractivity contribution in [2.24, 2.45) is 0 Å². The average molecular weight is 732 g/mol. The molecular weight excluding hydrogens is 689 g/mol. The predicted octanol–water partition coefficient (Wildman–Crippen LogP) is 6.32. The van der Waals surface area contributed by atoms with Crippen LogP contribution in [0.1, 0.15) is 0 Å². The van der Waals surface area contributed by atoms with E-state index in [1.54, 1.807) is 12.4 Å². The first kappa shape index (κ1) is 33.0. The van der Waals surface area contributed by atoms with Crippen LogP contribution in [-0.4, -0.2) is 63.4 Å². The lowest BCUT2D eigenvalue weighted by Crippen LogP contribution is -2.22. The molecule has 5 aromatic heterocycles. The van der Waals surface area contributed by atoms with Crippen LogP contribution >= 0.6 is 22.6 Å². The van der Waals surface area contributed by atoms with Crippen molar-refractivity contribution >= 4 is 72.4 Å². The minimum atomic E-state index is -1.11. The Kier molecular flexibility index (Phi) is 10.9. The van der Waals surface area contributed by atoms with Crippen molar-refractivity contribution in [3.05, 3.63) is 53.0 Å². The first-order valence-electron chi connectivity index (χ1n) is 14.2. The van der Waals surface area contributed by atoms with Gasteiger partial charge in [0.25, 0.3) is 0 Å². The summed E-state index contributed by atoms with van der Waals surface area (Å²) < 4.78 is 16.9. The van der Waals surface area contributed by atoms with Gasteiger partial charge in [-0.1, -0.05) is 39.3 Å². The van der Waals surface area contributed by atoms with Gasteiger partial charge >= 0.3 is 0 Å². The minimum absolute atomic E-state index is 0.447. The zero-order valence-electron chi connectivity index (χ0n) is 25.8. The summed E-state index contributed by atoms with van der Waals surface area (Å²) in [5, 5.41) is 1.74. The third kappa shape index (κ3) is 9.04. The first-order chi connectivity index (χ1) is 20.3. The third-order valence-corrected chi connectivity index (χ3v) is 11.1. The van der Waals surface area contributed by atoms with E-state index in [1.165, 1.54) is 18.7 Å². The Morgan fingerprint density at radius 3 is 1.74 bits per heavy atom. The standard InChI is InChI=1S/C17H23N5OSi.C12H19IN4OSi/c1-24(2,3)9-8-23-12-22-15(13-4-6-19-7-5-13)10-14-16(18)20-11-21-17(14)22;1-19(2,3)5-4-18-8-17-10(13)6-9-11(14)15-7-16-12(9)17/h4-7,10-11H,8-9,12H2,1-3H3,(H2,18,20,21);6-7H,4-5,8H2,1-3H3,(H2,14,15,16). The molecule has 0 saturated heterocycles. The number of rotatable bonds is 11. The maximum Gasteiger partial charge on any atom is 0.148 e. The number of fused-ring (bicyclic) bond motifs is 2. The van der Waals surface area contributed by atoms with E-state index in [2.05, 4.69) is 86.8 Å². The second kappa shape index (κ2) is 14.2. The molecule has 0 aromatic carbocycles. The molecule has 0 amide bonds. The van der Waals surface area contributed by atoms with Crippen molar-refractivity contribution < 1.29 is 9.47 Å². The van der Waals surface area contributed by atoms with Crippen LogP contribution in [0, 0.1) is 3.70 Å². The minimum Gasteiger partial charge on any atom is -0.383 e. The molecule has 230 valence electrons. The van der Waals surface area contributed by atoms with Crippen molar-refractivity contribution in [1.82, 2.24) is 34.1 Å². The van der Waals surface area contributed by atoms with Gasteiger partial charge in [-0.25, -0.2) is 19.9 Å². The topological polar surface area (TPSA) is 145 Å². The summed E-state index contributed by atoms with van der Waals surface area (Å²) in [6.07, 6.45) is 6.54. The van der Waals surface area contributed by atoms with Gasteiger partial charge in [0.1, 0.15) is 49.0 Å². The molecule has 43 heavy (non-hydrogen) atoms. The van der Waals surface area contributed by atoms with Crippen LogP contribution in [0.5, 0.6) is 0 Å². The number of nitrogen functional groups attached to an aromatic ring is 2. The van der Waals surface area contributed by atoms with Crippen LogP contribution in [0.15, 0.2) is 49.3 Å². The second-order valence-corrected chi connectivity index (χ2v) is 25.1. The summed E-state index contributed by atoms with van der Waals surface area (Å²) in [5.74, 6) is 1.000. The molecule has 0 aliphatic rings. The largest absolute Gasteiger partial charge is 0.383 e. The van der Waals surface area contributed by atoms with E-state index >= 15 is 0 Å². The fourth-order valence-electron chi connectivity index (χ4n) is 4.22. The van der Waals surface area contributed by atoms with Crippen molar-refractivity contribution in [3.8, 4) is 11.3 Å². The molecule has 0 atom stereocenters. The Balaban J connectivity index is 0.000000203. The van der Waals surface area contributed by atoms with Crippen LogP contribution in [0.2, 0.25) is 51.4 Å². The molecule has 0 spiro atoms. The molecule has 0 aliphatic carbocycles. The fourth-order valence-corrected chi connectivity index (χ4v) is 6.41. The lowest BCUT2D eigenvalue weighted by atomic mass is 10.2. The van der Waals surface area contributed by atoms with E-state index in [4.69, 9.17) is 20.9 Å². The summed E-state index contributed by atoms with van der Waals surface area (Å²) >= 11 is 2.27. The predicted molar refractivity (Wildman–Crippen MR) is 188 cm³/mol. The summed E-state index contributed by atoms with van der Waals surface area (Å²) in [6.45, 7) is 16.6. The normalized spacial score (nSPS) is 12.1. The summed E-state index contributed by atoms with van der Waals surface area (Å²) in [7, 11) is -2.14. The van der Waals surface area contributed by atoms with Crippen molar-refractivity contribution in [2.45, 2.75) is 64.8 Å². The number of aromatic nitrogens is 7. The van der Waals surface area contributed by atoms with E-state index in [-0.39, 0.29) is 0 Å². The number of nitrogens with two attached hydrogens (primary N) is 2. The molecule has 5 aromatic rings. The number of anilines is 2. The SMILES string of the molecule is C[Si](C)(C)CCOCn1c(-c2ccncc2)cc2c(N)ncnc21.C[Si](C)(C)CCOCn1c(I)cc2c(N)ncnc21. The van der Waals surface area contributed by atoms with Gasteiger partial charge in [-0.15, -0.1) is 0 Å². The Bertz CT molecular complexity index is 1650. The zero-order chi connectivity index (χ0) is 31.2. The summed E-state index contributed by atoms with van der Waals surface area (Å²) in [6, 6.07) is 10.2. The lowest BCUT2D eigenvalue weighted by Gasteiger charge is -2.16. The van der Waals surface area contributed by atoms with E-state index in [0.29, 0.717) is 25.1 Å². The molecule has 0 saturated carbocycles. The van der Waals surface area contributed by atoms with Crippen LogP contribution in [-0.2, 0) is 22.9 Å². The highest BCUT2D eigenvalue weighted by Crippen LogP contribution is 2.29.